The van der Waals surface area contributed by atoms with Gasteiger partial charge in [0, 0.05) is 6.92 Å². The average molecular weight is 270 g/mol. The summed E-state index contributed by atoms with van der Waals surface area (Å²) < 4.78 is 10.8. The van der Waals surface area contributed by atoms with Crippen LogP contribution in [0.4, 0.5) is 0 Å². The Morgan fingerprint density at radius 1 is 0.900 bits per heavy atom. The van der Waals surface area contributed by atoms with Crippen molar-refractivity contribution >= 4 is 5.97 Å². The molecule has 20 heavy (non-hydrogen) atoms. The minimum atomic E-state index is -0.633. The summed E-state index contributed by atoms with van der Waals surface area (Å²) in [7, 11) is 0. The number of carbonyl (C=O) groups excluding carboxylic acids is 1. The van der Waals surface area contributed by atoms with Crippen molar-refractivity contribution in [2.24, 2.45) is 0 Å². The van der Waals surface area contributed by atoms with Crippen molar-refractivity contribution in [2.45, 2.75) is 27.1 Å². The summed E-state index contributed by atoms with van der Waals surface area (Å²) in [6, 6.07) is 14.8. The molecule has 104 valence electrons. The van der Waals surface area contributed by atoms with Gasteiger partial charge in [-0.2, -0.15) is 0 Å². The van der Waals surface area contributed by atoms with E-state index in [2.05, 4.69) is 0 Å². The molecule has 2 rings (SSSR count). The van der Waals surface area contributed by atoms with Gasteiger partial charge in [0.25, 0.3) is 0 Å². The maximum Gasteiger partial charge on any atom is 0.341 e. The van der Waals surface area contributed by atoms with Crippen molar-refractivity contribution in [3.63, 3.8) is 0 Å². The van der Waals surface area contributed by atoms with Crippen LogP contribution in [0.5, 0.6) is 5.75 Å². The molecule has 0 radical (unpaired) electrons. The zero-order valence-corrected chi connectivity index (χ0v) is 11.9. The lowest BCUT2D eigenvalue weighted by molar-refractivity contribution is -0.0371. The molecule has 0 bridgehead atoms. The van der Waals surface area contributed by atoms with E-state index in [4.69, 9.17) is 9.47 Å². The largest absolute Gasteiger partial charge is 0.455 e. The van der Waals surface area contributed by atoms with E-state index in [9.17, 15) is 4.79 Å². The van der Waals surface area contributed by atoms with Gasteiger partial charge in [-0.05, 0) is 38.1 Å². The van der Waals surface area contributed by atoms with Crippen molar-refractivity contribution in [3.8, 4) is 5.75 Å². The highest BCUT2D eigenvalue weighted by Crippen LogP contribution is 2.14. The van der Waals surface area contributed by atoms with Gasteiger partial charge in [0.05, 0.1) is 5.56 Å². The van der Waals surface area contributed by atoms with Crippen LogP contribution in [0.15, 0.2) is 48.5 Å². The van der Waals surface area contributed by atoms with E-state index in [-0.39, 0.29) is 5.97 Å². The molecule has 0 amide bonds. The van der Waals surface area contributed by atoms with Crippen LogP contribution in [0.1, 0.15) is 28.4 Å². The summed E-state index contributed by atoms with van der Waals surface area (Å²) in [5.74, 6) is 0.296. The molecule has 0 aliphatic rings. The summed E-state index contributed by atoms with van der Waals surface area (Å²) in [5.41, 5.74) is 2.78. The quantitative estimate of drug-likeness (QED) is 0.624. The molecule has 0 aliphatic carbocycles. The average Bonchev–Trinajstić information content (AvgIpc) is 2.42. The Kier molecular flexibility index (Phi) is 4.41. The lowest BCUT2D eigenvalue weighted by atomic mass is 10.1. The Balaban J connectivity index is 1.93. The van der Waals surface area contributed by atoms with Crippen LogP contribution < -0.4 is 4.74 Å². The second-order valence-corrected chi connectivity index (χ2v) is 4.77. The number of ether oxygens (including phenoxy) is 2. The van der Waals surface area contributed by atoms with Gasteiger partial charge in [0.2, 0.25) is 6.29 Å². The van der Waals surface area contributed by atoms with Crippen LogP contribution in [-0.4, -0.2) is 12.3 Å². The molecule has 3 nitrogen and oxygen atoms in total. The summed E-state index contributed by atoms with van der Waals surface area (Å²) in [4.78, 5) is 11.9. The predicted molar refractivity (Wildman–Crippen MR) is 77.9 cm³/mol. The van der Waals surface area contributed by atoms with Gasteiger partial charge in [0.1, 0.15) is 5.75 Å². The predicted octanol–water partition coefficient (Wildman–Crippen LogP) is 3.89. The van der Waals surface area contributed by atoms with Crippen LogP contribution in [0.2, 0.25) is 0 Å². The number of benzene rings is 2. The van der Waals surface area contributed by atoms with E-state index in [1.54, 1.807) is 19.1 Å². The van der Waals surface area contributed by atoms with Gasteiger partial charge < -0.3 is 9.47 Å². The van der Waals surface area contributed by atoms with Crippen molar-refractivity contribution in [1.29, 1.82) is 0 Å². The summed E-state index contributed by atoms with van der Waals surface area (Å²) in [6.07, 6.45) is -0.633. The monoisotopic (exact) mass is 270 g/mol. The maximum atomic E-state index is 11.9. The van der Waals surface area contributed by atoms with Crippen molar-refractivity contribution in [1.82, 2.24) is 0 Å². The van der Waals surface area contributed by atoms with E-state index in [1.165, 1.54) is 0 Å². The van der Waals surface area contributed by atoms with E-state index >= 15 is 0 Å². The maximum absolute atomic E-state index is 11.9. The first-order chi connectivity index (χ1) is 9.54. The zero-order chi connectivity index (χ0) is 14.5. The number of carbonyl (C=O) groups is 1. The number of hydrogen-bond acceptors (Lipinski definition) is 3. The molecule has 0 spiro atoms. The van der Waals surface area contributed by atoms with Crippen LogP contribution in [0.3, 0.4) is 0 Å². The third-order valence-corrected chi connectivity index (χ3v) is 2.88. The van der Waals surface area contributed by atoms with E-state index in [0.717, 1.165) is 11.1 Å². The van der Waals surface area contributed by atoms with Gasteiger partial charge in [-0.25, -0.2) is 4.79 Å². The standard InChI is InChI=1S/C17H18O3/c1-12-4-8-15(9-5-12)17(18)20-14(3)19-16-10-6-13(2)7-11-16/h4-11,14H,1-3H3. The van der Waals surface area contributed by atoms with Crippen LogP contribution >= 0.6 is 0 Å². The van der Waals surface area contributed by atoms with Crippen molar-refractivity contribution < 1.29 is 14.3 Å². The van der Waals surface area contributed by atoms with Gasteiger partial charge in [0.15, 0.2) is 0 Å². The van der Waals surface area contributed by atoms with Gasteiger partial charge in [-0.1, -0.05) is 35.4 Å². The third kappa shape index (κ3) is 3.85. The number of esters is 1. The summed E-state index contributed by atoms with van der Waals surface area (Å²) >= 11 is 0. The Hall–Kier alpha value is -2.29. The molecule has 0 heterocycles. The van der Waals surface area contributed by atoms with Gasteiger partial charge >= 0.3 is 5.97 Å². The van der Waals surface area contributed by atoms with E-state index < -0.39 is 6.29 Å². The lowest BCUT2D eigenvalue weighted by Gasteiger charge is -2.15. The molecule has 3 heteroatoms. The van der Waals surface area contributed by atoms with Crippen molar-refractivity contribution in [2.75, 3.05) is 0 Å². The second kappa shape index (κ2) is 6.24. The zero-order valence-electron chi connectivity index (χ0n) is 11.9. The minimum Gasteiger partial charge on any atom is -0.455 e. The molecule has 1 atom stereocenters. The van der Waals surface area contributed by atoms with Crippen molar-refractivity contribution in [3.05, 3.63) is 65.2 Å². The number of hydrogen-bond donors (Lipinski definition) is 0. The molecule has 2 aromatic carbocycles. The highest BCUT2D eigenvalue weighted by Gasteiger charge is 2.12. The third-order valence-electron chi connectivity index (χ3n) is 2.88. The second-order valence-electron chi connectivity index (χ2n) is 4.77. The van der Waals surface area contributed by atoms with Crippen LogP contribution in [0, 0.1) is 13.8 Å². The minimum absolute atomic E-state index is 0.385. The highest BCUT2D eigenvalue weighted by atomic mass is 16.7. The fourth-order valence-electron chi connectivity index (χ4n) is 1.74. The number of aryl methyl sites for hydroxylation is 2. The van der Waals surface area contributed by atoms with E-state index in [0.29, 0.717) is 11.3 Å². The SMILES string of the molecule is Cc1ccc(OC(C)OC(=O)c2ccc(C)cc2)cc1. The molecule has 0 saturated carbocycles. The van der Waals surface area contributed by atoms with E-state index in [1.807, 2.05) is 50.2 Å². The Bertz CT molecular complexity index is 570. The molecule has 0 saturated heterocycles. The fourth-order valence-corrected chi connectivity index (χ4v) is 1.74. The fraction of sp³-hybridized carbons (Fsp3) is 0.235. The molecule has 0 N–H and O–H groups in total. The Morgan fingerprint density at radius 3 is 1.95 bits per heavy atom. The Labute approximate surface area is 119 Å². The first-order valence-electron chi connectivity index (χ1n) is 6.55. The lowest BCUT2D eigenvalue weighted by Crippen LogP contribution is -2.20. The summed E-state index contributed by atoms with van der Waals surface area (Å²) in [5, 5.41) is 0. The topological polar surface area (TPSA) is 35.5 Å². The van der Waals surface area contributed by atoms with Crippen LogP contribution in [0.25, 0.3) is 0 Å². The highest BCUT2D eigenvalue weighted by molar-refractivity contribution is 5.89. The summed E-state index contributed by atoms with van der Waals surface area (Å²) in [6.45, 7) is 5.68. The van der Waals surface area contributed by atoms with Gasteiger partial charge in [-0.3, -0.25) is 0 Å². The molecular formula is C17H18O3. The van der Waals surface area contributed by atoms with Crippen LogP contribution in [-0.2, 0) is 4.74 Å². The normalized spacial score (nSPS) is 11.8. The molecule has 0 fully saturated rings. The molecular weight excluding hydrogens is 252 g/mol. The number of rotatable bonds is 4. The smallest absolute Gasteiger partial charge is 0.341 e. The van der Waals surface area contributed by atoms with Gasteiger partial charge in [-0.15, -0.1) is 0 Å². The first kappa shape index (κ1) is 14.1. The molecule has 0 aromatic heterocycles. The molecule has 1 unspecified atom stereocenters. The molecule has 0 aliphatic heterocycles. The molecule has 2 aromatic rings. The Morgan fingerprint density at radius 2 is 1.40 bits per heavy atom. The first-order valence-corrected chi connectivity index (χ1v) is 6.55.